The van der Waals surface area contributed by atoms with E-state index in [2.05, 4.69) is 0 Å². The fraction of sp³-hybridized carbons (Fsp3) is 0.600. The number of hydrogen-bond acceptors (Lipinski definition) is 4. The zero-order valence-electron chi connectivity index (χ0n) is 15.3. The highest BCUT2D eigenvalue weighted by Crippen LogP contribution is 2.51. The van der Waals surface area contributed by atoms with E-state index in [4.69, 9.17) is 9.47 Å². The highest BCUT2D eigenvalue weighted by Gasteiger charge is 2.58. The molecule has 2 atom stereocenters. The molecule has 0 bridgehead atoms. The van der Waals surface area contributed by atoms with Crippen LogP contribution in [0.2, 0.25) is 0 Å². The van der Waals surface area contributed by atoms with E-state index in [0.29, 0.717) is 26.1 Å². The quantitative estimate of drug-likeness (QED) is 0.843. The van der Waals surface area contributed by atoms with Crippen molar-refractivity contribution in [3.63, 3.8) is 0 Å². The van der Waals surface area contributed by atoms with Gasteiger partial charge in [0, 0.05) is 13.1 Å². The van der Waals surface area contributed by atoms with Crippen LogP contribution in [-0.4, -0.2) is 48.2 Å². The predicted octanol–water partition coefficient (Wildman–Crippen LogP) is 3.31. The fourth-order valence-corrected chi connectivity index (χ4v) is 4.46. The molecule has 1 amide bonds. The standard InChI is InChI=1S/C20H27NO4/c1-4-24-18(23)21-12-10-19(11-13-21)14-20(15(2)22,16(3)25-19)17-8-6-5-7-9-17/h5-9,16H,4,10-14H2,1-3H3/t16?,20-/m0/s1. The Morgan fingerprint density at radius 2 is 1.88 bits per heavy atom. The van der Waals surface area contributed by atoms with E-state index < -0.39 is 5.41 Å². The smallest absolute Gasteiger partial charge is 0.409 e. The van der Waals surface area contributed by atoms with Crippen molar-refractivity contribution in [2.75, 3.05) is 19.7 Å². The van der Waals surface area contributed by atoms with Gasteiger partial charge in [0.05, 0.1) is 23.7 Å². The van der Waals surface area contributed by atoms with Crippen molar-refractivity contribution in [1.29, 1.82) is 0 Å². The minimum absolute atomic E-state index is 0.149. The summed E-state index contributed by atoms with van der Waals surface area (Å²) in [7, 11) is 0. The topological polar surface area (TPSA) is 55.8 Å². The highest BCUT2D eigenvalue weighted by atomic mass is 16.6. The van der Waals surface area contributed by atoms with Crippen LogP contribution in [0.4, 0.5) is 4.79 Å². The van der Waals surface area contributed by atoms with Gasteiger partial charge in [-0.05, 0) is 45.6 Å². The number of benzene rings is 1. The van der Waals surface area contributed by atoms with Gasteiger partial charge in [0.15, 0.2) is 0 Å². The number of Topliss-reactive ketones (excluding diaryl/α,β-unsaturated/α-hetero) is 1. The second-order valence-electron chi connectivity index (χ2n) is 7.20. The first-order chi connectivity index (χ1) is 11.9. The van der Waals surface area contributed by atoms with Crippen LogP contribution in [-0.2, 0) is 19.7 Å². The summed E-state index contributed by atoms with van der Waals surface area (Å²) in [5.74, 6) is 0.149. The molecule has 2 heterocycles. The SMILES string of the molecule is CCOC(=O)N1CCC2(CC1)C[C@@](C(C)=O)(c1ccccc1)C(C)O2. The maximum absolute atomic E-state index is 12.7. The molecular weight excluding hydrogens is 318 g/mol. The number of hydrogen-bond donors (Lipinski definition) is 0. The van der Waals surface area contributed by atoms with Crippen LogP contribution in [0.25, 0.3) is 0 Å². The van der Waals surface area contributed by atoms with E-state index in [1.807, 2.05) is 44.2 Å². The van der Waals surface area contributed by atoms with E-state index in [-0.39, 0.29) is 23.6 Å². The average Bonchev–Trinajstić information content (AvgIpc) is 2.89. The molecule has 5 nitrogen and oxygen atoms in total. The molecule has 1 spiro atoms. The first kappa shape index (κ1) is 17.9. The molecule has 0 radical (unpaired) electrons. The number of nitrogens with zero attached hydrogens (tertiary/aromatic N) is 1. The number of amides is 1. The van der Waals surface area contributed by atoms with E-state index in [1.54, 1.807) is 11.8 Å². The second kappa shape index (κ2) is 6.79. The van der Waals surface area contributed by atoms with Gasteiger partial charge in [0.25, 0.3) is 0 Å². The molecule has 0 saturated carbocycles. The normalized spacial score (nSPS) is 28.1. The average molecular weight is 345 g/mol. The lowest BCUT2D eigenvalue weighted by Crippen LogP contribution is -2.47. The molecular formula is C20H27NO4. The molecule has 1 aromatic rings. The van der Waals surface area contributed by atoms with Crippen LogP contribution in [0.5, 0.6) is 0 Å². The van der Waals surface area contributed by atoms with E-state index in [9.17, 15) is 9.59 Å². The molecule has 0 aliphatic carbocycles. The van der Waals surface area contributed by atoms with Crippen LogP contribution in [0.15, 0.2) is 30.3 Å². The van der Waals surface area contributed by atoms with Gasteiger partial charge in [-0.25, -0.2) is 4.79 Å². The molecule has 136 valence electrons. The van der Waals surface area contributed by atoms with Crippen LogP contribution in [0.3, 0.4) is 0 Å². The third-order valence-electron chi connectivity index (χ3n) is 5.84. The lowest BCUT2D eigenvalue weighted by atomic mass is 9.68. The summed E-state index contributed by atoms with van der Waals surface area (Å²) >= 11 is 0. The van der Waals surface area contributed by atoms with Crippen molar-refractivity contribution in [3.8, 4) is 0 Å². The summed E-state index contributed by atoms with van der Waals surface area (Å²) in [6.07, 6.45) is 1.71. The Balaban J connectivity index is 1.81. The molecule has 1 aromatic carbocycles. The van der Waals surface area contributed by atoms with Crippen LogP contribution in [0, 0.1) is 0 Å². The monoisotopic (exact) mass is 345 g/mol. The molecule has 1 unspecified atom stereocenters. The van der Waals surface area contributed by atoms with Gasteiger partial charge < -0.3 is 14.4 Å². The molecule has 25 heavy (non-hydrogen) atoms. The van der Waals surface area contributed by atoms with E-state index in [1.165, 1.54) is 0 Å². The number of piperidine rings is 1. The van der Waals surface area contributed by atoms with Gasteiger partial charge in [0.1, 0.15) is 5.78 Å². The predicted molar refractivity (Wildman–Crippen MR) is 94.5 cm³/mol. The van der Waals surface area contributed by atoms with E-state index in [0.717, 1.165) is 18.4 Å². The molecule has 2 fully saturated rings. The van der Waals surface area contributed by atoms with Crippen molar-refractivity contribution in [1.82, 2.24) is 4.90 Å². The Kier molecular flexibility index (Phi) is 4.87. The Morgan fingerprint density at radius 1 is 1.24 bits per heavy atom. The van der Waals surface area contributed by atoms with Crippen molar-refractivity contribution >= 4 is 11.9 Å². The lowest BCUT2D eigenvalue weighted by Gasteiger charge is -2.38. The summed E-state index contributed by atoms with van der Waals surface area (Å²) < 4.78 is 11.5. The maximum atomic E-state index is 12.7. The summed E-state index contributed by atoms with van der Waals surface area (Å²) in [6, 6.07) is 9.95. The minimum atomic E-state index is -0.604. The van der Waals surface area contributed by atoms with Gasteiger partial charge in [-0.3, -0.25) is 4.79 Å². The Hall–Kier alpha value is -1.88. The second-order valence-corrected chi connectivity index (χ2v) is 7.20. The van der Waals surface area contributed by atoms with Crippen molar-refractivity contribution in [2.45, 2.75) is 57.2 Å². The number of rotatable bonds is 3. The van der Waals surface area contributed by atoms with Crippen LogP contribution >= 0.6 is 0 Å². The van der Waals surface area contributed by atoms with Gasteiger partial charge in [0.2, 0.25) is 0 Å². The molecule has 2 aliphatic rings. The van der Waals surface area contributed by atoms with Gasteiger partial charge in [-0.2, -0.15) is 0 Å². The van der Waals surface area contributed by atoms with Crippen molar-refractivity contribution < 1.29 is 19.1 Å². The van der Waals surface area contributed by atoms with Crippen molar-refractivity contribution in [3.05, 3.63) is 35.9 Å². The lowest BCUT2D eigenvalue weighted by molar-refractivity contribution is -0.124. The Bertz CT molecular complexity index is 636. The molecule has 5 heteroatoms. The number of ketones is 1. The summed E-state index contributed by atoms with van der Waals surface area (Å²) in [4.78, 5) is 26.4. The number of ether oxygens (including phenoxy) is 2. The Labute approximate surface area is 149 Å². The van der Waals surface area contributed by atoms with Crippen molar-refractivity contribution in [2.24, 2.45) is 0 Å². The molecule has 3 rings (SSSR count). The number of carbonyl (C=O) groups is 2. The van der Waals surface area contributed by atoms with Gasteiger partial charge >= 0.3 is 6.09 Å². The van der Waals surface area contributed by atoms with Gasteiger partial charge in [-0.1, -0.05) is 30.3 Å². The van der Waals surface area contributed by atoms with E-state index >= 15 is 0 Å². The third-order valence-corrected chi connectivity index (χ3v) is 5.84. The molecule has 2 aliphatic heterocycles. The zero-order valence-corrected chi connectivity index (χ0v) is 15.3. The molecule has 2 saturated heterocycles. The summed E-state index contributed by atoms with van der Waals surface area (Å²) in [5, 5.41) is 0. The van der Waals surface area contributed by atoms with Gasteiger partial charge in [-0.15, -0.1) is 0 Å². The zero-order chi connectivity index (χ0) is 18.1. The first-order valence-corrected chi connectivity index (χ1v) is 9.09. The molecule has 0 aromatic heterocycles. The highest BCUT2D eigenvalue weighted by molar-refractivity contribution is 5.89. The fourth-order valence-electron chi connectivity index (χ4n) is 4.46. The Morgan fingerprint density at radius 3 is 2.44 bits per heavy atom. The van der Waals surface area contributed by atoms with Crippen LogP contribution in [0.1, 0.15) is 45.6 Å². The third kappa shape index (κ3) is 3.06. The first-order valence-electron chi connectivity index (χ1n) is 9.09. The molecule has 0 N–H and O–H groups in total. The summed E-state index contributed by atoms with van der Waals surface area (Å²) in [6.45, 7) is 7.07. The maximum Gasteiger partial charge on any atom is 0.409 e. The number of carbonyl (C=O) groups excluding carboxylic acids is 2. The minimum Gasteiger partial charge on any atom is -0.450 e. The number of likely N-dealkylation sites (tertiary alicyclic amines) is 1. The largest absolute Gasteiger partial charge is 0.450 e. The van der Waals surface area contributed by atoms with Crippen LogP contribution < -0.4 is 0 Å². The summed E-state index contributed by atoms with van der Waals surface area (Å²) in [5.41, 5.74) is 0.0804.